The van der Waals surface area contributed by atoms with Gasteiger partial charge in [0.05, 0.1) is 6.10 Å². The molecule has 1 unspecified atom stereocenters. The molecular weight excluding hydrogens is 196 g/mol. The third kappa shape index (κ3) is 3.21. The minimum atomic E-state index is 0.185. The summed E-state index contributed by atoms with van der Waals surface area (Å²) in [6.45, 7) is 11.3. The third-order valence-electron chi connectivity index (χ3n) is 2.97. The Morgan fingerprint density at radius 3 is 2.44 bits per heavy atom. The lowest BCUT2D eigenvalue weighted by Gasteiger charge is -2.10. The Morgan fingerprint density at radius 1 is 1.19 bits per heavy atom. The first kappa shape index (κ1) is 13.0. The van der Waals surface area contributed by atoms with Crippen LogP contribution in [0.15, 0.2) is 18.2 Å². The first-order valence-electron chi connectivity index (χ1n) is 5.92. The van der Waals surface area contributed by atoms with Gasteiger partial charge in [-0.05, 0) is 56.9 Å². The molecule has 0 fully saturated rings. The molecule has 0 spiro atoms. The molecule has 0 radical (unpaired) electrons. The van der Waals surface area contributed by atoms with Crippen LogP contribution in [-0.4, -0.2) is 12.7 Å². The zero-order valence-electron chi connectivity index (χ0n) is 11.0. The van der Waals surface area contributed by atoms with Crippen LogP contribution < -0.4 is 0 Å². The van der Waals surface area contributed by atoms with Gasteiger partial charge in [-0.15, -0.1) is 0 Å². The van der Waals surface area contributed by atoms with Crippen LogP contribution in [0.1, 0.15) is 36.1 Å². The first-order chi connectivity index (χ1) is 7.56. The highest BCUT2D eigenvalue weighted by Gasteiger charge is 2.02. The average molecular weight is 218 g/mol. The summed E-state index contributed by atoms with van der Waals surface area (Å²) in [5.41, 5.74) is 5.35. The fraction of sp³-hybridized carbons (Fsp3) is 0.467. The number of ether oxygens (including phenoxy) is 1. The van der Waals surface area contributed by atoms with E-state index in [-0.39, 0.29) is 6.10 Å². The molecule has 0 saturated carbocycles. The molecular formula is C15H22O. The molecule has 0 aliphatic rings. The molecule has 1 heteroatoms. The molecule has 0 aliphatic heterocycles. The van der Waals surface area contributed by atoms with E-state index in [1.807, 2.05) is 6.92 Å². The van der Waals surface area contributed by atoms with Crippen molar-refractivity contribution in [1.29, 1.82) is 0 Å². The molecule has 0 heterocycles. The maximum atomic E-state index is 5.49. The third-order valence-corrected chi connectivity index (χ3v) is 2.97. The molecule has 1 nitrogen and oxygen atoms in total. The van der Waals surface area contributed by atoms with Crippen LogP contribution in [0.5, 0.6) is 0 Å². The van der Waals surface area contributed by atoms with Gasteiger partial charge in [0.25, 0.3) is 0 Å². The first-order valence-corrected chi connectivity index (χ1v) is 5.92. The highest BCUT2D eigenvalue weighted by Crippen LogP contribution is 2.19. The molecule has 1 atom stereocenters. The number of hydrogen-bond donors (Lipinski definition) is 0. The standard InChI is InChI=1S/C15H22O/c1-6-16-13(4)9-10-15-12(3)8-7-11(2)14(15)5/h7-10,13H,6H2,1-5H3. The summed E-state index contributed by atoms with van der Waals surface area (Å²) < 4.78 is 5.49. The molecule has 0 aromatic heterocycles. The highest BCUT2D eigenvalue weighted by atomic mass is 16.5. The van der Waals surface area contributed by atoms with Crippen molar-refractivity contribution in [3.63, 3.8) is 0 Å². The van der Waals surface area contributed by atoms with E-state index in [0.29, 0.717) is 0 Å². The Labute approximate surface area is 99.1 Å². The van der Waals surface area contributed by atoms with Gasteiger partial charge in [-0.25, -0.2) is 0 Å². The van der Waals surface area contributed by atoms with Crippen LogP contribution in [0, 0.1) is 20.8 Å². The van der Waals surface area contributed by atoms with E-state index in [2.05, 4.69) is 52.0 Å². The summed E-state index contributed by atoms with van der Waals surface area (Å²) in [5, 5.41) is 0. The van der Waals surface area contributed by atoms with E-state index in [1.165, 1.54) is 22.3 Å². The van der Waals surface area contributed by atoms with Gasteiger partial charge in [-0.3, -0.25) is 0 Å². The van der Waals surface area contributed by atoms with Crippen molar-refractivity contribution in [3.05, 3.63) is 40.5 Å². The van der Waals surface area contributed by atoms with Gasteiger partial charge in [0.1, 0.15) is 0 Å². The molecule has 1 aromatic rings. The van der Waals surface area contributed by atoms with Crippen LogP contribution in [0.4, 0.5) is 0 Å². The minimum absolute atomic E-state index is 0.185. The van der Waals surface area contributed by atoms with Crippen LogP contribution in [-0.2, 0) is 4.74 Å². The van der Waals surface area contributed by atoms with E-state index in [0.717, 1.165) is 6.61 Å². The van der Waals surface area contributed by atoms with Gasteiger partial charge in [0, 0.05) is 6.61 Å². The van der Waals surface area contributed by atoms with Gasteiger partial charge in [-0.2, -0.15) is 0 Å². The molecule has 0 N–H and O–H groups in total. The molecule has 0 bridgehead atoms. The van der Waals surface area contributed by atoms with E-state index >= 15 is 0 Å². The smallest absolute Gasteiger partial charge is 0.0730 e. The van der Waals surface area contributed by atoms with E-state index in [9.17, 15) is 0 Å². The minimum Gasteiger partial charge on any atom is -0.375 e. The van der Waals surface area contributed by atoms with Crippen molar-refractivity contribution >= 4 is 6.08 Å². The predicted molar refractivity (Wildman–Crippen MR) is 70.8 cm³/mol. The second kappa shape index (κ2) is 5.86. The van der Waals surface area contributed by atoms with Crippen molar-refractivity contribution in [2.45, 2.75) is 40.7 Å². The second-order valence-corrected chi connectivity index (χ2v) is 4.26. The van der Waals surface area contributed by atoms with E-state index in [4.69, 9.17) is 4.74 Å². The van der Waals surface area contributed by atoms with Crippen LogP contribution in [0.25, 0.3) is 6.08 Å². The molecule has 16 heavy (non-hydrogen) atoms. The van der Waals surface area contributed by atoms with Gasteiger partial charge >= 0.3 is 0 Å². The normalized spacial score (nSPS) is 13.3. The molecule has 0 amide bonds. The summed E-state index contributed by atoms with van der Waals surface area (Å²) in [5.74, 6) is 0. The highest BCUT2D eigenvalue weighted by molar-refractivity contribution is 5.59. The summed E-state index contributed by atoms with van der Waals surface area (Å²) in [4.78, 5) is 0. The number of benzene rings is 1. The van der Waals surface area contributed by atoms with Gasteiger partial charge in [0.2, 0.25) is 0 Å². The molecule has 0 saturated heterocycles. The fourth-order valence-corrected chi connectivity index (χ4v) is 1.78. The lowest BCUT2D eigenvalue weighted by atomic mass is 9.98. The van der Waals surface area contributed by atoms with Crippen LogP contribution in [0.3, 0.4) is 0 Å². The Bertz CT molecular complexity index is 377. The number of rotatable bonds is 4. The zero-order chi connectivity index (χ0) is 12.1. The lowest BCUT2D eigenvalue weighted by Crippen LogP contribution is -2.03. The summed E-state index contributed by atoms with van der Waals surface area (Å²) in [6, 6.07) is 4.35. The van der Waals surface area contributed by atoms with Gasteiger partial charge < -0.3 is 4.74 Å². The lowest BCUT2D eigenvalue weighted by molar-refractivity contribution is 0.110. The monoisotopic (exact) mass is 218 g/mol. The summed E-state index contributed by atoms with van der Waals surface area (Å²) in [6.07, 6.45) is 4.49. The fourth-order valence-electron chi connectivity index (χ4n) is 1.78. The van der Waals surface area contributed by atoms with Gasteiger partial charge in [0.15, 0.2) is 0 Å². The predicted octanol–water partition coefficient (Wildman–Crippen LogP) is 4.05. The van der Waals surface area contributed by atoms with Crippen molar-refractivity contribution in [1.82, 2.24) is 0 Å². The van der Waals surface area contributed by atoms with E-state index < -0.39 is 0 Å². The SMILES string of the molecule is CCOC(C)C=Cc1c(C)ccc(C)c1C. The Balaban J connectivity index is 2.92. The van der Waals surface area contributed by atoms with E-state index in [1.54, 1.807) is 0 Å². The van der Waals surface area contributed by atoms with Gasteiger partial charge in [-0.1, -0.05) is 24.3 Å². The summed E-state index contributed by atoms with van der Waals surface area (Å²) >= 11 is 0. The largest absolute Gasteiger partial charge is 0.375 e. The van der Waals surface area contributed by atoms with Crippen LogP contribution in [0.2, 0.25) is 0 Å². The maximum Gasteiger partial charge on any atom is 0.0730 e. The molecule has 88 valence electrons. The molecule has 0 aliphatic carbocycles. The maximum absolute atomic E-state index is 5.49. The topological polar surface area (TPSA) is 9.23 Å². The zero-order valence-corrected chi connectivity index (χ0v) is 11.0. The Kier molecular flexibility index (Phi) is 4.75. The summed E-state index contributed by atoms with van der Waals surface area (Å²) in [7, 11) is 0. The van der Waals surface area contributed by atoms with Crippen molar-refractivity contribution in [2.24, 2.45) is 0 Å². The average Bonchev–Trinajstić information content (AvgIpc) is 2.24. The Morgan fingerprint density at radius 2 is 1.81 bits per heavy atom. The van der Waals surface area contributed by atoms with Crippen molar-refractivity contribution in [2.75, 3.05) is 6.61 Å². The van der Waals surface area contributed by atoms with Crippen molar-refractivity contribution < 1.29 is 4.74 Å². The molecule has 1 rings (SSSR count). The second-order valence-electron chi connectivity index (χ2n) is 4.26. The number of aryl methyl sites for hydroxylation is 2. The van der Waals surface area contributed by atoms with Crippen molar-refractivity contribution in [3.8, 4) is 0 Å². The Hall–Kier alpha value is -1.08. The quantitative estimate of drug-likeness (QED) is 0.740. The van der Waals surface area contributed by atoms with Crippen LogP contribution >= 0.6 is 0 Å². The number of hydrogen-bond acceptors (Lipinski definition) is 1. The molecule has 1 aromatic carbocycles.